The van der Waals surface area contributed by atoms with Crippen molar-refractivity contribution in [1.82, 2.24) is 19.1 Å². The molecule has 20 aromatic rings. The molecular weight excluding hydrogens is 2000 g/mol. The molecule has 0 saturated heterocycles. The van der Waals surface area contributed by atoms with Crippen molar-refractivity contribution >= 4 is 180 Å². The molecule has 139 heavy (non-hydrogen) atoms. The maximum atomic E-state index is 8.94. The number of aliphatic hydroxyl groups excluding tert-OH is 2. The van der Waals surface area contributed by atoms with Crippen molar-refractivity contribution in [1.29, 1.82) is 0 Å². The first kappa shape index (κ1) is 105. The van der Waals surface area contributed by atoms with Gasteiger partial charge in [-0.25, -0.2) is 9.97 Å². The smallest absolute Gasteiger partial charge is 0.123 e. The van der Waals surface area contributed by atoms with Gasteiger partial charge in [-0.2, -0.15) is 0 Å². The number of benzene rings is 16. The fourth-order valence-electron chi connectivity index (χ4n) is 15.4. The number of aromatic nitrogens is 4. The van der Waals surface area contributed by atoms with E-state index in [4.69, 9.17) is 51.3 Å². The number of nitrogens with two attached hydrogens (primary N) is 2. The average molecular weight is 2100 g/mol. The first-order valence-corrected chi connectivity index (χ1v) is 52.2. The molecular formula is C122H106BrCl3N6O2P4Pd. The van der Waals surface area contributed by atoms with Gasteiger partial charge in [0.25, 0.3) is 0 Å². The Kier molecular flexibility index (Phi) is 43.1. The third-order valence-electron chi connectivity index (χ3n) is 21.7. The van der Waals surface area contributed by atoms with Crippen LogP contribution in [0.25, 0.3) is 44.3 Å². The minimum absolute atomic E-state index is 0. The zero-order valence-corrected chi connectivity index (χ0v) is 85.6. The Hall–Kier alpha value is -12.7. The Labute approximate surface area is 861 Å². The van der Waals surface area contributed by atoms with E-state index in [1.54, 1.807) is 12.1 Å². The molecule has 0 radical (unpaired) electrons. The molecule has 0 aliphatic carbocycles. The fourth-order valence-corrected chi connectivity index (χ4v) is 25.4. The molecule has 8 nitrogen and oxygen atoms in total. The Morgan fingerprint density at radius 3 is 0.806 bits per heavy atom. The van der Waals surface area contributed by atoms with Gasteiger partial charge in [-0.15, -0.1) is 24.8 Å². The second kappa shape index (κ2) is 57.0. The van der Waals surface area contributed by atoms with Crippen molar-refractivity contribution in [2.45, 2.75) is 38.8 Å². The summed E-state index contributed by atoms with van der Waals surface area (Å²) >= 11 is 16.6. The number of anilines is 2. The molecule has 0 aliphatic rings. The Morgan fingerprint density at radius 2 is 0.554 bits per heavy atom. The fraction of sp³-hybridized carbons (Fsp3) is 0.0656. The second-order valence-corrected chi connectivity index (χ2v) is 41.9. The molecule has 16 aromatic carbocycles. The molecule has 0 bridgehead atoms. The Bertz CT molecular complexity index is 6310. The van der Waals surface area contributed by atoms with Gasteiger partial charge in [0.2, 0.25) is 0 Å². The SMILES string of the molecule is C#CCCCO.Cl.Nc1cccc(Cn2c(-c3ccccc3Cl)cc3ccc(Br)cc32)n1.Nc1cccc(Cn2c(-c3ccccc3Cl)cc3ccc(C#CCCCO)cc32)n1.[Pd].c1ccc(P(c2ccccc2)c2ccccc2)cc1.c1ccc(P(c2ccccc2)c2ccccc2)cc1.c1ccc(P(c2ccccc2)c2ccccc2)cc1.c1ccc(P(c2ccccc2)c2ccccc2)cc1. The number of nitrogen functional groups attached to an aromatic ring is 2. The minimum Gasteiger partial charge on any atom is -0.396 e. The molecule has 0 saturated carbocycles. The first-order valence-electron chi connectivity index (χ1n) is 45.3. The molecule has 6 N–H and O–H groups in total. The van der Waals surface area contributed by atoms with Gasteiger partial charge in [-0.3, -0.25) is 0 Å². The Morgan fingerprint density at radius 1 is 0.302 bits per heavy atom. The summed E-state index contributed by atoms with van der Waals surface area (Å²) in [5.74, 6) is 9.75. The molecule has 17 heteroatoms. The van der Waals surface area contributed by atoms with E-state index in [2.05, 4.69) is 453 Å². The van der Waals surface area contributed by atoms with Crippen LogP contribution >= 0.6 is 83.2 Å². The van der Waals surface area contributed by atoms with Gasteiger partial charge < -0.3 is 30.8 Å². The van der Waals surface area contributed by atoms with E-state index in [1.165, 1.54) is 63.7 Å². The number of halogens is 4. The van der Waals surface area contributed by atoms with E-state index in [1.807, 2.05) is 84.9 Å². The molecule has 4 aromatic heterocycles. The summed E-state index contributed by atoms with van der Waals surface area (Å²) in [7, 11) is -1.78. The zero-order chi connectivity index (χ0) is 94.8. The van der Waals surface area contributed by atoms with E-state index in [9.17, 15) is 0 Å². The van der Waals surface area contributed by atoms with E-state index in [0.29, 0.717) is 49.0 Å². The van der Waals surface area contributed by atoms with Crippen molar-refractivity contribution in [2.24, 2.45) is 0 Å². The van der Waals surface area contributed by atoms with Gasteiger partial charge >= 0.3 is 0 Å². The maximum absolute atomic E-state index is 8.94. The number of unbranched alkanes of at least 4 members (excludes halogenated alkanes) is 2. The molecule has 4 heterocycles. The van der Waals surface area contributed by atoms with Crippen LogP contribution in [0, 0.1) is 24.2 Å². The molecule has 0 amide bonds. The quantitative estimate of drug-likeness (QED) is 0.0232. The van der Waals surface area contributed by atoms with E-state index in [-0.39, 0.29) is 46.0 Å². The van der Waals surface area contributed by atoms with E-state index >= 15 is 0 Å². The van der Waals surface area contributed by atoms with Crippen LogP contribution in [0.3, 0.4) is 0 Å². The van der Waals surface area contributed by atoms with Crippen LogP contribution in [-0.2, 0) is 33.5 Å². The molecule has 0 unspecified atom stereocenters. The van der Waals surface area contributed by atoms with Crippen LogP contribution in [0.15, 0.2) is 502 Å². The minimum atomic E-state index is -0.446. The summed E-state index contributed by atoms with van der Waals surface area (Å²) in [5, 5.41) is 37.5. The van der Waals surface area contributed by atoms with Gasteiger partial charge in [0.15, 0.2) is 0 Å². The van der Waals surface area contributed by atoms with Crippen molar-refractivity contribution in [3.63, 3.8) is 0 Å². The van der Waals surface area contributed by atoms with E-state index in [0.717, 1.165) is 77.2 Å². The zero-order valence-electron chi connectivity index (χ0n) is 76.6. The normalized spacial score (nSPS) is 10.4. The standard InChI is InChI=1S/C25H22ClN3O.C20H15BrClN3.4C18H15P.C5H8O.ClH.Pd/c26-22-10-4-3-9-21(22)24-16-19-13-12-18(7-2-1-5-14-30)15-23(19)29(24)17-20-8-6-11-25(27)28-20;21-14-9-8-13-10-19(16-5-1-2-6-17(16)22)25(18(13)11-14)12-15-4-3-7-20(23)24-15;4*1-4-10-16(11-5-1)19(17-12-6-2-7-13-17)18-14-8-3-9-15-18;1-2-3-4-5-6;;/h3-4,6,8-13,15-16,30H,1,5,14,17H2,(H2,27,28);1-11H,12H2,(H2,23,24);4*1-15H;1,6H,3-5H2;1H;. The molecule has 20 rings (SSSR count). The molecule has 0 aliphatic heterocycles. The number of nitrogens with zero attached hydrogens (tertiary/aromatic N) is 4. The average Bonchev–Trinajstić information content (AvgIpc) is 1.62. The summed E-state index contributed by atoms with van der Waals surface area (Å²) in [6, 6.07) is 173. The maximum Gasteiger partial charge on any atom is 0.123 e. The third-order valence-corrected chi connectivity index (χ3v) is 32.6. The summed E-state index contributed by atoms with van der Waals surface area (Å²) < 4.78 is 5.46. The number of pyridine rings is 2. The van der Waals surface area contributed by atoms with Gasteiger partial charge in [0.1, 0.15) is 11.6 Å². The van der Waals surface area contributed by atoms with Gasteiger partial charge in [-0.1, -0.05) is 476 Å². The predicted octanol–water partition coefficient (Wildman–Crippen LogP) is 25.5. The van der Waals surface area contributed by atoms with Crippen LogP contribution < -0.4 is 75.1 Å². The van der Waals surface area contributed by atoms with E-state index < -0.39 is 31.7 Å². The summed E-state index contributed by atoms with van der Waals surface area (Å²) in [5.41, 5.74) is 20.7. The predicted molar refractivity (Wildman–Crippen MR) is 604 cm³/mol. The Balaban J connectivity index is 0.000000148. The van der Waals surface area contributed by atoms with Crippen molar-refractivity contribution in [2.75, 3.05) is 24.7 Å². The van der Waals surface area contributed by atoms with Crippen molar-refractivity contribution < 1.29 is 30.6 Å². The van der Waals surface area contributed by atoms with Gasteiger partial charge in [0, 0.05) is 94.0 Å². The van der Waals surface area contributed by atoms with Crippen LogP contribution in [0.5, 0.6) is 0 Å². The number of rotatable bonds is 22. The molecule has 0 spiro atoms. The first-order chi connectivity index (χ1) is 67.5. The number of hydrogen-bond acceptors (Lipinski definition) is 6. The summed E-state index contributed by atoms with van der Waals surface area (Å²) in [4.78, 5) is 8.92. The molecule has 694 valence electrons. The van der Waals surface area contributed by atoms with Crippen molar-refractivity contribution in [3.8, 4) is 46.7 Å². The topological polar surface area (TPSA) is 128 Å². The monoisotopic (exact) mass is 2100 g/mol. The van der Waals surface area contributed by atoms with Crippen molar-refractivity contribution in [3.05, 3.63) is 529 Å². The van der Waals surface area contributed by atoms with Gasteiger partial charge in [0.05, 0.1) is 41.4 Å². The number of terminal acetylenes is 1. The number of aliphatic hydroxyl groups is 2. The number of hydrogen-bond donors (Lipinski definition) is 4. The third kappa shape index (κ3) is 30.9. The van der Waals surface area contributed by atoms with Crippen LogP contribution in [0.2, 0.25) is 10.0 Å². The summed E-state index contributed by atoms with van der Waals surface area (Å²) in [6.07, 6.45) is 7.64. The molecule has 0 atom stereocenters. The van der Waals surface area contributed by atoms with Crippen LogP contribution in [0.4, 0.5) is 11.6 Å². The summed E-state index contributed by atoms with van der Waals surface area (Å²) in [6.45, 7) is 1.55. The number of fused-ring (bicyclic) bond motifs is 2. The van der Waals surface area contributed by atoms with Gasteiger partial charge in [-0.05, 0) is 181 Å². The van der Waals surface area contributed by atoms with Crippen LogP contribution in [-0.4, -0.2) is 42.5 Å². The van der Waals surface area contributed by atoms with Crippen LogP contribution in [0.1, 0.15) is 42.6 Å². The molecule has 0 fully saturated rings. The largest absolute Gasteiger partial charge is 0.396 e. The second-order valence-electron chi connectivity index (χ2n) is 31.3.